The van der Waals surface area contributed by atoms with Crippen molar-refractivity contribution in [1.82, 2.24) is 9.97 Å². The van der Waals surface area contributed by atoms with Crippen LogP contribution in [0.2, 0.25) is 5.02 Å². The molecule has 3 N–H and O–H groups in total. The topological polar surface area (TPSA) is 84.1 Å². The molecule has 0 spiro atoms. The summed E-state index contributed by atoms with van der Waals surface area (Å²) in [5.41, 5.74) is 6.53. The van der Waals surface area contributed by atoms with Crippen LogP contribution in [0.4, 0.5) is 11.6 Å². The van der Waals surface area contributed by atoms with Gasteiger partial charge in [-0.2, -0.15) is 0 Å². The van der Waals surface area contributed by atoms with E-state index in [0.717, 1.165) is 24.5 Å². The van der Waals surface area contributed by atoms with Crippen molar-refractivity contribution in [3.05, 3.63) is 46.7 Å². The molecule has 0 unspecified atom stereocenters. The first kappa shape index (κ1) is 16.5. The Morgan fingerprint density at radius 2 is 2.00 bits per heavy atom. The number of pyridine rings is 2. The number of nitrogens with zero attached hydrogens (tertiary/aromatic N) is 3. The largest absolute Gasteiger partial charge is 0.366 e. The van der Waals surface area contributed by atoms with Crippen LogP contribution in [0.15, 0.2) is 30.6 Å². The molecule has 1 aliphatic heterocycles. The van der Waals surface area contributed by atoms with Gasteiger partial charge in [0.25, 0.3) is 0 Å². The van der Waals surface area contributed by atoms with Crippen molar-refractivity contribution >= 4 is 29.1 Å². The molecule has 1 amide bonds. The van der Waals surface area contributed by atoms with Crippen molar-refractivity contribution in [1.29, 1.82) is 0 Å². The zero-order chi connectivity index (χ0) is 16.9. The number of nitrogens with one attached hydrogen (secondary N) is 1. The summed E-state index contributed by atoms with van der Waals surface area (Å²) in [5.74, 6) is 0.996. The van der Waals surface area contributed by atoms with Crippen LogP contribution >= 0.6 is 11.6 Å². The maximum atomic E-state index is 11.1. The number of piperidine rings is 1. The first-order valence-electron chi connectivity index (χ1n) is 8.02. The number of anilines is 2. The van der Waals surface area contributed by atoms with Crippen molar-refractivity contribution < 1.29 is 4.79 Å². The molecule has 0 atom stereocenters. The highest BCUT2D eigenvalue weighted by molar-refractivity contribution is 6.33. The van der Waals surface area contributed by atoms with Gasteiger partial charge in [-0.1, -0.05) is 17.7 Å². The Balaban J connectivity index is 1.61. The molecule has 0 saturated carbocycles. The van der Waals surface area contributed by atoms with E-state index in [1.165, 1.54) is 31.5 Å². The van der Waals surface area contributed by atoms with Gasteiger partial charge in [-0.15, -0.1) is 0 Å². The fourth-order valence-electron chi connectivity index (χ4n) is 2.72. The highest BCUT2D eigenvalue weighted by Gasteiger charge is 2.12. The number of nitrogens with two attached hydrogens (primary N) is 1. The summed E-state index contributed by atoms with van der Waals surface area (Å²) in [5, 5.41) is 3.51. The minimum Gasteiger partial charge on any atom is -0.366 e. The predicted molar refractivity (Wildman–Crippen MR) is 95.4 cm³/mol. The fraction of sp³-hybridized carbons (Fsp3) is 0.353. The van der Waals surface area contributed by atoms with Gasteiger partial charge < -0.3 is 16.0 Å². The average molecular weight is 346 g/mol. The first-order valence-corrected chi connectivity index (χ1v) is 8.40. The lowest BCUT2D eigenvalue weighted by Gasteiger charge is -2.27. The molecule has 0 aromatic carbocycles. The first-order chi connectivity index (χ1) is 11.6. The number of aromatic nitrogens is 2. The molecule has 1 aliphatic rings. The van der Waals surface area contributed by atoms with E-state index in [1.54, 1.807) is 0 Å². The highest BCUT2D eigenvalue weighted by Crippen LogP contribution is 2.21. The van der Waals surface area contributed by atoms with Gasteiger partial charge in [-0.05, 0) is 37.0 Å². The molecule has 2 aromatic heterocycles. The van der Waals surface area contributed by atoms with Gasteiger partial charge in [0.05, 0.1) is 10.6 Å². The molecular formula is C17H20ClN5O. The van der Waals surface area contributed by atoms with E-state index in [2.05, 4.69) is 26.3 Å². The lowest BCUT2D eigenvalue weighted by molar-refractivity contribution is 0.1000. The zero-order valence-corrected chi connectivity index (χ0v) is 14.1. The summed E-state index contributed by atoms with van der Waals surface area (Å²) in [7, 11) is 0. The van der Waals surface area contributed by atoms with Crippen LogP contribution in [0.5, 0.6) is 0 Å². The van der Waals surface area contributed by atoms with E-state index in [9.17, 15) is 4.79 Å². The fourth-order valence-corrected chi connectivity index (χ4v) is 2.95. The maximum Gasteiger partial charge on any atom is 0.250 e. The molecule has 0 aliphatic carbocycles. The average Bonchev–Trinajstić information content (AvgIpc) is 2.62. The monoisotopic (exact) mass is 345 g/mol. The Labute approximate surface area is 146 Å². The van der Waals surface area contributed by atoms with Gasteiger partial charge in [0.1, 0.15) is 11.6 Å². The minimum absolute atomic E-state index is 0.290. The standard InChI is InChI=1S/C17H20ClN5O/c18-14-8-13(16(19)24)11-22-17(14)21-10-12-4-5-15(20-9-12)23-6-2-1-3-7-23/h4-5,8-9,11H,1-3,6-7,10H2,(H2,19,24)(H,21,22). The van der Waals surface area contributed by atoms with Crippen LogP contribution in [-0.4, -0.2) is 29.0 Å². The van der Waals surface area contributed by atoms with E-state index < -0.39 is 5.91 Å². The number of hydrogen-bond donors (Lipinski definition) is 2. The van der Waals surface area contributed by atoms with Gasteiger partial charge in [-0.3, -0.25) is 4.79 Å². The van der Waals surface area contributed by atoms with Crippen molar-refractivity contribution in [3.8, 4) is 0 Å². The van der Waals surface area contributed by atoms with E-state index in [-0.39, 0.29) is 5.56 Å². The van der Waals surface area contributed by atoms with Crippen molar-refractivity contribution in [3.63, 3.8) is 0 Å². The highest BCUT2D eigenvalue weighted by atomic mass is 35.5. The Morgan fingerprint density at radius 1 is 1.21 bits per heavy atom. The number of rotatable bonds is 5. The predicted octanol–water partition coefficient (Wildman–Crippen LogP) is 2.83. The second kappa shape index (κ2) is 7.49. The summed E-state index contributed by atoms with van der Waals surface area (Å²) in [6.07, 6.45) is 7.05. The number of halogens is 1. The Hall–Kier alpha value is -2.34. The van der Waals surface area contributed by atoms with Crippen molar-refractivity contribution in [2.45, 2.75) is 25.8 Å². The molecule has 1 saturated heterocycles. The second-order valence-corrected chi connectivity index (χ2v) is 6.25. The molecule has 3 rings (SSSR count). The molecule has 7 heteroatoms. The quantitative estimate of drug-likeness (QED) is 0.870. The maximum absolute atomic E-state index is 11.1. The second-order valence-electron chi connectivity index (χ2n) is 5.84. The Kier molecular flexibility index (Phi) is 5.15. The van der Waals surface area contributed by atoms with Crippen LogP contribution < -0.4 is 16.0 Å². The SMILES string of the molecule is NC(=O)c1cnc(NCc2ccc(N3CCCCC3)nc2)c(Cl)c1. The van der Waals surface area contributed by atoms with E-state index in [0.29, 0.717) is 17.4 Å². The molecule has 6 nitrogen and oxygen atoms in total. The zero-order valence-electron chi connectivity index (χ0n) is 13.3. The third-order valence-electron chi connectivity index (χ3n) is 4.07. The molecule has 126 valence electrons. The van der Waals surface area contributed by atoms with E-state index in [1.807, 2.05) is 12.3 Å². The van der Waals surface area contributed by atoms with E-state index in [4.69, 9.17) is 17.3 Å². The Morgan fingerprint density at radius 3 is 2.62 bits per heavy atom. The third kappa shape index (κ3) is 3.94. The third-order valence-corrected chi connectivity index (χ3v) is 4.36. The Bertz CT molecular complexity index is 713. The number of amides is 1. The molecule has 0 bridgehead atoms. The van der Waals surface area contributed by atoms with Gasteiger partial charge in [-0.25, -0.2) is 9.97 Å². The molecule has 1 fully saturated rings. The van der Waals surface area contributed by atoms with Gasteiger partial charge >= 0.3 is 0 Å². The molecule has 24 heavy (non-hydrogen) atoms. The van der Waals surface area contributed by atoms with Crippen molar-refractivity contribution in [2.75, 3.05) is 23.3 Å². The molecule has 3 heterocycles. The normalized spacial score (nSPS) is 14.5. The lowest BCUT2D eigenvalue weighted by Crippen LogP contribution is -2.30. The van der Waals surface area contributed by atoms with Crippen LogP contribution in [0.1, 0.15) is 35.2 Å². The lowest BCUT2D eigenvalue weighted by atomic mass is 10.1. The summed E-state index contributed by atoms with van der Waals surface area (Å²) in [6.45, 7) is 2.71. The molecular weight excluding hydrogens is 326 g/mol. The number of primary amides is 1. The van der Waals surface area contributed by atoms with Gasteiger partial charge in [0.2, 0.25) is 5.91 Å². The number of hydrogen-bond acceptors (Lipinski definition) is 5. The van der Waals surface area contributed by atoms with Crippen molar-refractivity contribution in [2.24, 2.45) is 5.73 Å². The van der Waals surface area contributed by atoms with Gasteiger partial charge in [0, 0.05) is 32.0 Å². The number of carbonyl (C=O) groups excluding carboxylic acids is 1. The summed E-state index contributed by atoms with van der Waals surface area (Å²) >= 11 is 6.11. The summed E-state index contributed by atoms with van der Waals surface area (Å²) in [4.78, 5) is 22.1. The van der Waals surface area contributed by atoms with Crippen LogP contribution in [-0.2, 0) is 6.54 Å². The minimum atomic E-state index is -0.548. The van der Waals surface area contributed by atoms with Crippen LogP contribution in [0.3, 0.4) is 0 Å². The van der Waals surface area contributed by atoms with Gasteiger partial charge in [0.15, 0.2) is 0 Å². The molecule has 2 aromatic rings. The summed E-state index contributed by atoms with van der Waals surface area (Å²) < 4.78 is 0. The molecule has 0 radical (unpaired) electrons. The van der Waals surface area contributed by atoms with E-state index >= 15 is 0 Å². The summed E-state index contributed by atoms with van der Waals surface area (Å²) in [6, 6.07) is 5.61. The van der Waals surface area contributed by atoms with Crippen LogP contribution in [0.25, 0.3) is 0 Å². The van der Waals surface area contributed by atoms with Crippen LogP contribution in [0, 0.1) is 0 Å². The smallest absolute Gasteiger partial charge is 0.250 e. The number of carbonyl (C=O) groups is 1.